The quantitative estimate of drug-likeness (QED) is 0.608. The van der Waals surface area contributed by atoms with Crippen LogP contribution in [0.5, 0.6) is 0 Å². The minimum atomic E-state index is -0.319. The van der Waals surface area contributed by atoms with Gasteiger partial charge in [0.15, 0.2) is 0 Å². The van der Waals surface area contributed by atoms with E-state index >= 15 is 0 Å². The number of piperazine rings is 1. The summed E-state index contributed by atoms with van der Waals surface area (Å²) in [7, 11) is 0. The summed E-state index contributed by atoms with van der Waals surface area (Å²) >= 11 is 0. The fourth-order valence-electron chi connectivity index (χ4n) is 3.71. The van der Waals surface area contributed by atoms with Crippen LogP contribution in [-0.4, -0.2) is 64.2 Å². The number of nitrogens with one attached hydrogen (secondary N) is 1. The second-order valence-corrected chi connectivity index (χ2v) is 7.70. The Morgan fingerprint density at radius 2 is 1.67 bits per heavy atom. The van der Waals surface area contributed by atoms with Crippen LogP contribution in [-0.2, 0) is 4.79 Å². The molecule has 0 spiro atoms. The summed E-state index contributed by atoms with van der Waals surface area (Å²) in [4.78, 5) is 28.2. The summed E-state index contributed by atoms with van der Waals surface area (Å²) in [5.41, 5.74) is 3.05. The van der Waals surface area contributed by atoms with Crippen LogP contribution in [0.15, 0.2) is 66.9 Å². The van der Waals surface area contributed by atoms with Gasteiger partial charge in [0.25, 0.3) is 0 Å². The standard InChI is InChI=1S/C25H26FN5O2/c1-2-27-25(33)30-16-14-29(15-17-30)23(32)13-10-20-18-31(22-6-4-3-5-7-22)28-24(20)19-8-11-21(26)12-9-19/h3-13,18H,2,14-17H2,1H3,(H,27,33)/b13-10+. The summed E-state index contributed by atoms with van der Waals surface area (Å²) < 4.78 is 15.2. The maximum atomic E-state index is 13.4. The Labute approximate surface area is 192 Å². The first-order chi connectivity index (χ1) is 16.0. The number of carbonyl (C=O) groups excluding carboxylic acids is 2. The monoisotopic (exact) mass is 447 g/mol. The van der Waals surface area contributed by atoms with Crippen LogP contribution >= 0.6 is 0 Å². The highest BCUT2D eigenvalue weighted by molar-refractivity contribution is 5.93. The number of benzene rings is 2. The second-order valence-electron chi connectivity index (χ2n) is 7.70. The number of amides is 3. The molecule has 1 N–H and O–H groups in total. The molecular formula is C25H26FN5O2. The zero-order chi connectivity index (χ0) is 23.2. The minimum absolute atomic E-state index is 0.0996. The van der Waals surface area contributed by atoms with Crippen LogP contribution in [0.1, 0.15) is 12.5 Å². The Morgan fingerprint density at radius 3 is 2.33 bits per heavy atom. The third-order valence-electron chi connectivity index (χ3n) is 5.49. The zero-order valence-corrected chi connectivity index (χ0v) is 18.4. The summed E-state index contributed by atoms with van der Waals surface area (Å²) in [5, 5.41) is 7.47. The van der Waals surface area contributed by atoms with Crippen molar-refractivity contribution in [2.75, 3.05) is 32.7 Å². The predicted molar refractivity (Wildman–Crippen MR) is 125 cm³/mol. The lowest BCUT2D eigenvalue weighted by atomic mass is 10.1. The van der Waals surface area contributed by atoms with Gasteiger partial charge in [0.1, 0.15) is 5.82 Å². The first kappa shape index (κ1) is 22.3. The normalized spacial score (nSPS) is 14.0. The van der Waals surface area contributed by atoms with Crippen LogP contribution in [0.3, 0.4) is 0 Å². The molecule has 3 aromatic rings. The highest BCUT2D eigenvalue weighted by atomic mass is 19.1. The van der Waals surface area contributed by atoms with E-state index in [0.717, 1.165) is 16.8 Å². The van der Waals surface area contributed by atoms with Gasteiger partial charge < -0.3 is 15.1 Å². The highest BCUT2D eigenvalue weighted by Crippen LogP contribution is 2.25. The van der Waals surface area contributed by atoms with Crippen molar-refractivity contribution in [3.63, 3.8) is 0 Å². The van der Waals surface area contributed by atoms with Crippen molar-refractivity contribution in [2.24, 2.45) is 0 Å². The molecule has 0 atom stereocenters. The van der Waals surface area contributed by atoms with Crippen LogP contribution in [0, 0.1) is 5.82 Å². The molecule has 1 aliphatic heterocycles. The summed E-state index contributed by atoms with van der Waals surface area (Å²) in [6.07, 6.45) is 5.12. The lowest BCUT2D eigenvalue weighted by Crippen LogP contribution is -2.52. The van der Waals surface area contributed by atoms with Crippen molar-refractivity contribution in [1.29, 1.82) is 0 Å². The van der Waals surface area contributed by atoms with E-state index in [1.54, 1.807) is 32.7 Å². The number of halogens is 1. The maximum Gasteiger partial charge on any atom is 0.317 e. The van der Waals surface area contributed by atoms with Crippen molar-refractivity contribution in [3.05, 3.63) is 78.3 Å². The van der Waals surface area contributed by atoms with Gasteiger partial charge in [-0.05, 0) is 49.4 Å². The van der Waals surface area contributed by atoms with Crippen LogP contribution < -0.4 is 5.32 Å². The van der Waals surface area contributed by atoms with E-state index < -0.39 is 0 Å². The molecule has 4 rings (SSSR count). The van der Waals surface area contributed by atoms with Gasteiger partial charge in [0.05, 0.1) is 11.4 Å². The molecule has 1 fully saturated rings. The number of aromatic nitrogens is 2. The molecule has 0 saturated carbocycles. The summed E-state index contributed by atoms with van der Waals surface area (Å²) in [6.45, 7) is 4.41. The average molecular weight is 448 g/mol. The highest BCUT2D eigenvalue weighted by Gasteiger charge is 2.22. The molecule has 1 saturated heterocycles. The van der Waals surface area contributed by atoms with Crippen molar-refractivity contribution in [2.45, 2.75) is 6.92 Å². The molecule has 2 heterocycles. The zero-order valence-electron chi connectivity index (χ0n) is 18.4. The van der Waals surface area contributed by atoms with Gasteiger partial charge in [-0.2, -0.15) is 5.10 Å². The van der Waals surface area contributed by atoms with E-state index in [4.69, 9.17) is 0 Å². The SMILES string of the molecule is CCNC(=O)N1CCN(C(=O)/C=C/c2cn(-c3ccccc3)nc2-c2ccc(F)cc2)CC1. The smallest absolute Gasteiger partial charge is 0.317 e. The van der Waals surface area contributed by atoms with Crippen molar-refractivity contribution >= 4 is 18.0 Å². The van der Waals surface area contributed by atoms with Gasteiger partial charge in [0, 0.05) is 56.1 Å². The number of hydrogen-bond donors (Lipinski definition) is 1. The van der Waals surface area contributed by atoms with Gasteiger partial charge >= 0.3 is 6.03 Å². The molecule has 170 valence electrons. The molecule has 0 aliphatic carbocycles. The van der Waals surface area contributed by atoms with Gasteiger partial charge in [-0.15, -0.1) is 0 Å². The third kappa shape index (κ3) is 5.28. The summed E-state index contributed by atoms with van der Waals surface area (Å²) in [6, 6.07) is 15.7. The van der Waals surface area contributed by atoms with Crippen molar-refractivity contribution in [1.82, 2.24) is 24.9 Å². The van der Waals surface area contributed by atoms with Gasteiger partial charge in [-0.25, -0.2) is 13.9 Å². The average Bonchev–Trinajstić information content (AvgIpc) is 3.28. The topological polar surface area (TPSA) is 70.5 Å². The number of para-hydroxylation sites is 1. The predicted octanol–water partition coefficient (Wildman–Crippen LogP) is 3.57. The third-order valence-corrected chi connectivity index (χ3v) is 5.49. The van der Waals surface area contributed by atoms with E-state index in [1.165, 1.54) is 18.2 Å². The number of urea groups is 1. The Morgan fingerprint density at radius 1 is 1.00 bits per heavy atom. The van der Waals surface area contributed by atoms with Gasteiger partial charge in [-0.3, -0.25) is 4.79 Å². The lowest BCUT2D eigenvalue weighted by Gasteiger charge is -2.34. The van der Waals surface area contributed by atoms with Gasteiger partial charge in [-0.1, -0.05) is 18.2 Å². The van der Waals surface area contributed by atoms with Gasteiger partial charge in [0.2, 0.25) is 5.91 Å². The first-order valence-electron chi connectivity index (χ1n) is 11.0. The summed E-state index contributed by atoms with van der Waals surface area (Å²) in [5.74, 6) is -0.441. The fraction of sp³-hybridized carbons (Fsp3) is 0.240. The van der Waals surface area contributed by atoms with Crippen molar-refractivity contribution in [3.8, 4) is 16.9 Å². The molecular weight excluding hydrogens is 421 g/mol. The van der Waals surface area contributed by atoms with E-state index in [-0.39, 0.29) is 17.8 Å². The molecule has 0 bridgehead atoms. The molecule has 8 heteroatoms. The van der Waals surface area contributed by atoms with Crippen LogP contribution in [0.4, 0.5) is 9.18 Å². The van der Waals surface area contributed by atoms with Crippen LogP contribution in [0.2, 0.25) is 0 Å². The van der Waals surface area contributed by atoms with Crippen LogP contribution in [0.25, 0.3) is 23.0 Å². The number of rotatable bonds is 5. The molecule has 1 aliphatic rings. The molecule has 1 aromatic heterocycles. The van der Waals surface area contributed by atoms with Crippen molar-refractivity contribution < 1.29 is 14.0 Å². The Balaban J connectivity index is 1.53. The molecule has 7 nitrogen and oxygen atoms in total. The molecule has 3 amide bonds. The first-order valence-corrected chi connectivity index (χ1v) is 11.0. The fourth-order valence-corrected chi connectivity index (χ4v) is 3.71. The Kier molecular flexibility index (Phi) is 6.83. The number of nitrogens with zero attached hydrogens (tertiary/aromatic N) is 4. The van der Waals surface area contributed by atoms with E-state index in [2.05, 4.69) is 10.4 Å². The minimum Gasteiger partial charge on any atom is -0.338 e. The number of carbonyl (C=O) groups is 2. The molecule has 0 radical (unpaired) electrons. The van der Waals surface area contributed by atoms with E-state index in [0.29, 0.717) is 38.4 Å². The second kappa shape index (κ2) is 10.1. The Hall–Kier alpha value is -3.94. The number of hydrogen-bond acceptors (Lipinski definition) is 3. The maximum absolute atomic E-state index is 13.4. The molecule has 2 aromatic carbocycles. The largest absolute Gasteiger partial charge is 0.338 e. The van der Waals surface area contributed by atoms with E-state index in [1.807, 2.05) is 43.5 Å². The molecule has 0 unspecified atom stereocenters. The Bertz CT molecular complexity index is 1130. The van der Waals surface area contributed by atoms with E-state index in [9.17, 15) is 14.0 Å². The molecule has 33 heavy (non-hydrogen) atoms. The lowest BCUT2D eigenvalue weighted by molar-refractivity contribution is -0.127.